The van der Waals surface area contributed by atoms with E-state index in [2.05, 4.69) is 5.32 Å². The molecule has 0 spiro atoms. The lowest BCUT2D eigenvalue weighted by Crippen LogP contribution is -2.62. The number of aryl methyl sites for hydroxylation is 1. The third kappa shape index (κ3) is 5.92. The Morgan fingerprint density at radius 3 is 2.37 bits per heavy atom. The summed E-state index contributed by atoms with van der Waals surface area (Å²) in [4.78, 5) is 28.0. The molecular formula is C28H36FN3O4S2. The minimum Gasteiger partial charge on any atom is -0.350 e. The lowest BCUT2D eigenvalue weighted by Gasteiger charge is -2.44. The van der Waals surface area contributed by atoms with E-state index < -0.39 is 38.6 Å². The molecule has 1 N–H and O–H groups in total. The first kappa shape index (κ1) is 28.6. The number of piperidine rings is 1. The molecule has 1 aliphatic heterocycles. The molecule has 1 saturated carbocycles. The Bertz CT molecular complexity index is 1280. The molecule has 2 aliphatic rings. The minimum atomic E-state index is -3.72. The topological polar surface area (TPSA) is 86.8 Å². The number of rotatable bonds is 7. The number of nitrogens with zero attached hydrogens (tertiary/aromatic N) is 2. The Labute approximate surface area is 230 Å². The third-order valence-electron chi connectivity index (χ3n) is 7.55. The highest BCUT2D eigenvalue weighted by molar-refractivity contribution is 7.88. The minimum absolute atomic E-state index is 0.0709. The van der Waals surface area contributed by atoms with Crippen LogP contribution in [0.4, 0.5) is 10.1 Å². The van der Waals surface area contributed by atoms with Crippen LogP contribution in [-0.2, 0) is 24.5 Å². The number of carbonyl (C=O) groups is 2. The molecule has 2 aromatic carbocycles. The van der Waals surface area contributed by atoms with Crippen LogP contribution in [-0.4, -0.2) is 49.4 Å². The lowest BCUT2D eigenvalue weighted by atomic mass is 9.92. The van der Waals surface area contributed by atoms with Crippen molar-refractivity contribution in [2.45, 2.75) is 75.2 Å². The van der Waals surface area contributed by atoms with Crippen LogP contribution in [0.15, 0.2) is 48.5 Å². The molecule has 0 radical (unpaired) electrons. The molecule has 1 heterocycles. The Morgan fingerprint density at radius 1 is 1.03 bits per heavy atom. The van der Waals surface area contributed by atoms with E-state index in [1.807, 2.05) is 19.1 Å². The van der Waals surface area contributed by atoms with Crippen LogP contribution >= 0.6 is 12.6 Å². The van der Waals surface area contributed by atoms with Crippen molar-refractivity contribution in [3.8, 4) is 0 Å². The van der Waals surface area contributed by atoms with E-state index in [0.29, 0.717) is 24.8 Å². The third-order valence-corrected chi connectivity index (χ3v) is 9.49. The molecule has 1 saturated heterocycles. The Morgan fingerprint density at radius 2 is 1.71 bits per heavy atom. The van der Waals surface area contributed by atoms with Crippen LogP contribution in [0.3, 0.4) is 0 Å². The number of sulfonamides is 1. The Balaban J connectivity index is 1.89. The van der Waals surface area contributed by atoms with Crippen LogP contribution in [0.25, 0.3) is 0 Å². The predicted molar refractivity (Wildman–Crippen MR) is 150 cm³/mol. The summed E-state index contributed by atoms with van der Waals surface area (Å²) in [5, 5.41) is 3.11. The number of carbonyl (C=O) groups excluding carboxylic acids is 2. The molecule has 1 aliphatic carbocycles. The fourth-order valence-electron chi connectivity index (χ4n) is 5.63. The molecular weight excluding hydrogens is 525 g/mol. The fraction of sp³-hybridized carbons (Fsp3) is 0.500. The average molecular weight is 562 g/mol. The summed E-state index contributed by atoms with van der Waals surface area (Å²) in [7, 11) is -3.72. The van der Waals surface area contributed by atoms with E-state index in [9.17, 15) is 22.4 Å². The van der Waals surface area contributed by atoms with E-state index in [1.54, 1.807) is 18.2 Å². The Kier molecular flexibility index (Phi) is 8.84. The van der Waals surface area contributed by atoms with E-state index >= 15 is 0 Å². The highest BCUT2D eigenvalue weighted by atomic mass is 32.2. The number of hydrogen-bond acceptors (Lipinski definition) is 5. The maximum absolute atomic E-state index is 14.6. The van der Waals surface area contributed by atoms with Gasteiger partial charge in [0.25, 0.3) is 5.91 Å². The summed E-state index contributed by atoms with van der Waals surface area (Å²) < 4.78 is 41.1. The summed E-state index contributed by atoms with van der Waals surface area (Å²) in [6.45, 7) is 2.02. The lowest BCUT2D eigenvalue weighted by molar-refractivity contribution is -0.130. The van der Waals surface area contributed by atoms with E-state index in [-0.39, 0.29) is 18.3 Å². The first-order valence-electron chi connectivity index (χ1n) is 13.2. The van der Waals surface area contributed by atoms with Crippen LogP contribution in [0.5, 0.6) is 0 Å². The number of anilines is 1. The molecule has 2 amide bonds. The summed E-state index contributed by atoms with van der Waals surface area (Å²) in [5.41, 5.74) is 1.32. The number of nitrogens with one attached hydrogen (secondary N) is 1. The van der Waals surface area contributed by atoms with E-state index in [0.717, 1.165) is 43.9 Å². The largest absolute Gasteiger partial charge is 0.350 e. The van der Waals surface area contributed by atoms with Gasteiger partial charge in [-0.3, -0.25) is 14.5 Å². The van der Waals surface area contributed by atoms with Crippen LogP contribution in [0.2, 0.25) is 0 Å². The maximum Gasteiger partial charge on any atom is 0.261 e. The average Bonchev–Trinajstić information content (AvgIpc) is 2.89. The van der Waals surface area contributed by atoms with Crippen molar-refractivity contribution >= 4 is 40.2 Å². The van der Waals surface area contributed by atoms with Gasteiger partial charge in [0.15, 0.2) is 4.87 Å². The molecule has 4 rings (SSSR count). The van der Waals surface area contributed by atoms with Crippen molar-refractivity contribution in [2.24, 2.45) is 0 Å². The molecule has 2 fully saturated rings. The molecule has 0 bridgehead atoms. The zero-order valence-corrected chi connectivity index (χ0v) is 23.6. The molecule has 10 heteroatoms. The van der Waals surface area contributed by atoms with Gasteiger partial charge in [-0.2, -0.15) is 4.31 Å². The maximum atomic E-state index is 14.6. The first-order valence-corrected chi connectivity index (χ1v) is 15.5. The van der Waals surface area contributed by atoms with Crippen LogP contribution in [0.1, 0.15) is 62.5 Å². The molecule has 38 heavy (non-hydrogen) atoms. The summed E-state index contributed by atoms with van der Waals surface area (Å²) in [5.74, 6) is -1.70. The number of benzene rings is 2. The zero-order valence-electron chi connectivity index (χ0n) is 21.9. The Hall–Kier alpha value is -2.43. The quantitative estimate of drug-likeness (QED) is 0.385. The normalized spacial score (nSPS) is 20.9. The van der Waals surface area contributed by atoms with Crippen LogP contribution < -0.4 is 10.2 Å². The van der Waals surface area contributed by atoms with Gasteiger partial charge in [-0.1, -0.05) is 56.0 Å². The summed E-state index contributed by atoms with van der Waals surface area (Å²) >= 11 is 4.98. The summed E-state index contributed by atoms with van der Waals surface area (Å²) in [6.07, 6.45) is 7.38. The first-order chi connectivity index (χ1) is 18.0. The van der Waals surface area contributed by atoms with Crippen molar-refractivity contribution in [1.29, 1.82) is 0 Å². The molecule has 2 atom stereocenters. The van der Waals surface area contributed by atoms with Crippen molar-refractivity contribution in [3.05, 3.63) is 65.5 Å². The van der Waals surface area contributed by atoms with Crippen molar-refractivity contribution < 1.29 is 22.4 Å². The van der Waals surface area contributed by atoms with Gasteiger partial charge < -0.3 is 5.32 Å². The monoisotopic (exact) mass is 561 g/mol. The standard InChI is InChI=1S/C28H36FN3O4S2/c1-20-11-6-7-16-24(20)28(37,27(34)30-22-13-4-3-5-14-22)32(23-15-10-12-21(29)19-23)26(33)25-17-8-9-18-31(25)38(2,35)36/h6-7,10-12,15-16,19,22,25,37H,3-5,8-9,13-14,17-18H2,1-2H3,(H,30,34)/t25-,28+/m1/s1. The predicted octanol–water partition coefficient (Wildman–Crippen LogP) is 4.51. The van der Waals surface area contributed by atoms with Crippen LogP contribution in [0, 0.1) is 12.7 Å². The number of amides is 2. The zero-order chi connectivity index (χ0) is 27.5. The van der Waals surface area contributed by atoms with Gasteiger partial charge in [-0.05, 0) is 56.4 Å². The second kappa shape index (κ2) is 11.8. The fourth-order valence-corrected chi connectivity index (χ4v) is 7.28. The molecule has 206 valence electrons. The second-order valence-corrected chi connectivity index (χ2v) is 12.9. The van der Waals surface area contributed by atoms with Crippen molar-refractivity contribution in [1.82, 2.24) is 9.62 Å². The van der Waals surface area contributed by atoms with Crippen molar-refractivity contribution in [3.63, 3.8) is 0 Å². The SMILES string of the molecule is Cc1ccccc1[C@](S)(C(=O)NC1CCCCC1)N(C(=O)[C@H]1CCCCN1S(C)(=O)=O)c1cccc(F)c1. The van der Waals surface area contributed by atoms with Gasteiger partial charge in [0, 0.05) is 23.8 Å². The second-order valence-electron chi connectivity index (χ2n) is 10.3. The number of halogens is 1. The number of hydrogen-bond donors (Lipinski definition) is 2. The van der Waals surface area contributed by atoms with Crippen molar-refractivity contribution in [2.75, 3.05) is 17.7 Å². The van der Waals surface area contributed by atoms with Gasteiger partial charge in [0.1, 0.15) is 11.9 Å². The molecule has 2 aromatic rings. The number of thiol groups is 1. The van der Waals surface area contributed by atoms with Gasteiger partial charge >= 0.3 is 0 Å². The summed E-state index contributed by atoms with van der Waals surface area (Å²) in [6, 6.07) is 11.5. The smallest absolute Gasteiger partial charge is 0.261 e. The van der Waals surface area contributed by atoms with Gasteiger partial charge in [-0.15, -0.1) is 12.6 Å². The molecule has 7 nitrogen and oxygen atoms in total. The van der Waals surface area contributed by atoms with E-state index in [4.69, 9.17) is 12.6 Å². The van der Waals surface area contributed by atoms with E-state index in [1.165, 1.54) is 27.4 Å². The highest BCUT2D eigenvalue weighted by Gasteiger charge is 2.50. The van der Waals surface area contributed by atoms with Gasteiger partial charge in [0.2, 0.25) is 15.9 Å². The van der Waals surface area contributed by atoms with Gasteiger partial charge in [-0.25, -0.2) is 12.8 Å². The molecule has 0 aromatic heterocycles. The molecule has 0 unspecified atom stereocenters. The highest BCUT2D eigenvalue weighted by Crippen LogP contribution is 2.41. The van der Waals surface area contributed by atoms with Gasteiger partial charge in [0.05, 0.1) is 6.26 Å².